The van der Waals surface area contributed by atoms with E-state index in [0.717, 1.165) is 15.7 Å². The molecule has 3 N–H and O–H groups in total. The number of nitrogens with two attached hydrogens (primary N) is 1. The molecule has 0 saturated heterocycles. The number of amides is 1. The van der Waals surface area contributed by atoms with Gasteiger partial charge in [-0.1, -0.05) is 6.07 Å². The molecule has 15 heavy (non-hydrogen) atoms. The summed E-state index contributed by atoms with van der Waals surface area (Å²) in [5.74, 6) is -0.289. The number of hydrogen-bond donors (Lipinski definition) is 2. The van der Waals surface area contributed by atoms with E-state index in [1.807, 2.05) is 19.9 Å². The number of benzene rings is 1. The van der Waals surface area contributed by atoms with E-state index in [0.29, 0.717) is 13.0 Å². The third kappa shape index (κ3) is 3.55. The van der Waals surface area contributed by atoms with Crippen LogP contribution in [0, 0.1) is 13.8 Å². The molecule has 0 aliphatic carbocycles. The first kappa shape index (κ1) is 12.0. The van der Waals surface area contributed by atoms with Gasteiger partial charge in [0.25, 0.3) is 0 Å². The molecule has 82 valence electrons. The quantitative estimate of drug-likeness (QED) is 0.883. The molecule has 0 heterocycles. The molecular formula is C11H15BrN2O. The summed E-state index contributed by atoms with van der Waals surface area (Å²) >= 11 is 3.49. The van der Waals surface area contributed by atoms with Gasteiger partial charge in [0, 0.05) is 17.4 Å². The molecule has 0 spiro atoms. The minimum atomic E-state index is -0.289. The summed E-state index contributed by atoms with van der Waals surface area (Å²) in [4.78, 5) is 10.6. The van der Waals surface area contributed by atoms with Gasteiger partial charge in [-0.2, -0.15) is 0 Å². The van der Waals surface area contributed by atoms with Crippen LogP contribution in [0.5, 0.6) is 0 Å². The predicted octanol–water partition coefficient (Wildman–Crippen LogP) is 2.35. The summed E-state index contributed by atoms with van der Waals surface area (Å²) in [6, 6.07) is 4.14. The lowest BCUT2D eigenvalue weighted by molar-refractivity contribution is -0.117. The van der Waals surface area contributed by atoms with Crippen LogP contribution >= 0.6 is 15.9 Å². The smallest absolute Gasteiger partial charge is 0.219 e. The molecular weight excluding hydrogens is 256 g/mol. The highest BCUT2D eigenvalue weighted by Crippen LogP contribution is 2.27. The van der Waals surface area contributed by atoms with E-state index in [1.165, 1.54) is 5.56 Å². The Balaban J connectivity index is 2.72. The van der Waals surface area contributed by atoms with Crippen LogP contribution in [0.3, 0.4) is 0 Å². The van der Waals surface area contributed by atoms with Gasteiger partial charge in [-0.15, -0.1) is 0 Å². The molecule has 1 aromatic carbocycles. The zero-order chi connectivity index (χ0) is 11.4. The van der Waals surface area contributed by atoms with Crippen molar-refractivity contribution in [2.75, 3.05) is 11.9 Å². The maximum Gasteiger partial charge on any atom is 0.219 e. The first-order valence-electron chi connectivity index (χ1n) is 4.79. The van der Waals surface area contributed by atoms with Gasteiger partial charge in [0.15, 0.2) is 0 Å². The van der Waals surface area contributed by atoms with Crippen molar-refractivity contribution >= 4 is 27.5 Å². The molecule has 0 aromatic heterocycles. The first-order chi connectivity index (χ1) is 7.00. The number of carbonyl (C=O) groups is 1. The number of anilines is 1. The lowest BCUT2D eigenvalue weighted by atomic mass is 10.1. The van der Waals surface area contributed by atoms with E-state index in [2.05, 4.69) is 27.3 Å². The normalized spacial score (nSPS) is 10.1. The number of aryl methyl sites for hydroxylation is 2. The van der Waals surface area contributed by atoms with Gasteiger partial charge in [0.05, 0.1) is 5.69 Å². The molecule has 0 aliphatic heterocycles. The van der Waals surface area contributed by atoms with Crippen molar-refractivity contribution in [1.82, 2.24) is 0 Å². The Labute approximate surface area is 98.2 Å². The summed E-state index contributed by atoms with van der Waals surface area (Å²) in [5, 5.41) is 3.19. The SMILES string of the molecule is Cc1cc(C)c(NCCC(N)=O)c(Br)c1. The van der Waals surface area contributed by atoms with Crippen LogP contribution < -0.4 is 11.1 Å². The summed E-state index contributed by atoms with van der Waals surface area (Å²) < 4.78 is 1.02. The minimum absolute atomic E-state index is 0.289. The number of halogens is 1. The molecule has 1 amide bonds. The Hall–Kier alpha value is -1.03. The molecule has 4 heteroatoms. The fourth-order valence-electron chi connectivity index (χ4n) is 1.45. The van der Waals surface area contributed by atoms with Gasteiger partial charge in [0.2, 0.25) is 5.91 Å². The van der Waals surface area contributed by atoms with Gasteiger partial charge in [0.1, 0.15) is 0 Å². The van der Waals surface area contributed by atoms with E-state index in [-0.39, 0.29) is 5.91 Å². The molecule has 0 radical (unpaired) electrons. The second-order valence-corrected chi connectivity index (χ2v) is 4.44. The topological polar surface area (TPSA) is 55.1 Å². The van der Waals surface area contributed by atoms with Crippen LogP contribution in [0.1, 0.15) is 17.5 Å². The molecule has 0 unspecified atom stereocenters. The summed E-state index contributed by atoms with van der Waals surface area (Å²) in [7, 11) is 0. The Bertz CT molecular complexity index is 354. The zero-order valence-corrected chi connectivity index (χ0v) is 10.5. The maximum absolute atomic E-state index is 10.6. The first-order valence-corrected chi connectivity index (χ1v) is 5.59. The Morgan fingerprint density at radius 1 is 1.47 bits per heavy atom. The number of primary amides is 1. The van der Waals surface area contributed by atoms with Crippen molar-refractivity contribution < 1.29 is 4.79 Å². The van der Waals surface area contributed by atoms with Gasteiger partial charge in [-0.05, 0) is 47.0 Å². The van der Waals surface area contributed by atoms with Gasteiger partial charge in [-0.3, -0.25) is 4.79 Å². The number of hydrogen-bond acceptors (Lipinski definition) is 2. The lowest BCUT2D eigenvalue weighted by Gasteiger charge is -2.11. The van der Waals surface area contributed by atoms with E-state index in [9.17, 15) is 4.79 Å². The van der Waals surface area contributed by atoms with Crippen LogP contribution in [0.2, 0.25) is 0 Å². The van der Waals surface area contributed by atoms with Crippen LogP contribution in [0.15, 0.2) is 16.6 Å². The third-order valence-electron chi connectivity index (χ3n) is 2.10. The highest BCUT2D eigenvalue weighted by atomic mass is 79.9. The molecule has 0 fully saturated rings. The molecule has 1 rings (SSSR count). The average molecular weight is 271 g/mol. The highest BCUT2D eigenvalue weighted by molar-refractivity contribution is 9.10. The van der Waals surface area contributed by atoms with Crippen molar-refractivity contribution in [2.45, 2.75) is 20.3 Å². The second kappa shape index (κ2) is 5.16. The number of rotatable bonds is 4. The predicted molar refractivity (Wildman–Crippen MR) is 65.9 cm³/mol. The lowest BCUT2D eigenvalue weighted by Crippen LogP contribution is -2.16. The molecule has 0 aliphatic rings. The molecule has 0 bridgehead atoms. The Morgan fingerprint density at radius 3 is 2.67 bits per heavy atom. The monoisotopic (exact) mass is 270 g/mol. The minimum Gasteiger partial charge on any atom is -0.383 e. The van der Waals surface area contributed by atoms with Crippen molar-refractivity contribution in [2.24, 2.45) is 5.73 Å². The third-order valence-corrected chi connectivity index (χ3v) is 2.73. The molecule has 0 saturated carbocycles. The highest BCUT2D eigenvalue weighted by Gasteiger charge is 2.04. The molecule has 3 nitrogen and oxygen atoms in total. The van der Waals surface area contributed by atoms with Gasteiger partial charge < -0.3 is 11.1 Å². The zero-order valence-electron chi connectivity index (χ0n) is 8.93. The van der Waals surface area contributed by atoms with Crippen molar-refractivity contribution in [1.29, 1.82) is 0 Å². The Kier molecular flexibility index (Phi) is 4.15. The van der Waals surface area contributed by atoms with Gasteiger partial charge >= 0.3 is 0 Å². The summed E-state index contributed by atoms with van der Waals surface area (Å²) in [6.07, 6.45) is 0.347. The van der Waals surface area contributed by atoms with Crippen LogP contribution in [0.4, 0.5) is 5.69 Å². The summed E-state index contributed by atoms with van der Waals surface area (Å²) in [6.45, 7) is 4.65. The van der Waals surface area contributed by atoms with Crippen molar-refractivity contribution in [3.8, 4) is 0 Å². The average Bonchev–Trinajstić information content (AvgIpc) is 2.08. The van der Waals surface area contributed by atoms with Crippen molar-refractivity contribution in [3.63, 3.8) is 0 Å². The fourth-order valence-corrected chi connectivity index (χ4v) is 2.26. The number of nitrogens with one attached hydrogen (secondary N) is 1. The van der Waals surface area contributed by atoms with Gasteiger partial charge in [-0.25, -0.2) is 0 Å². The van der Waals surface area contributed by atoms with Crippen LogP contribution in [0.25, 0.3) is 0 Å². The fraction of sp³-hybridized carbons (Fsp3) is 0.364. The van der Waals surface area contributed by atoms with Crippen LogP contribution in [-0.2, 0) is 4.79 Å². The van der Waals surface area contributed by atoms with Crippen LogP contribution in [-0.4, -0.2) is 12.5 Å². The molecule has 0 atom stereocenters. The second-order valence-electron chi connectivity index (χ2n) is 3.58. The maximum atomic E-state index is 10.6. The number of carbonyl (C=O) groups excluding carboxylic acids is 1. The standard InChI is InChI=1S/C11H15BrN2O/c1-7-5-8(2)11(9(12)6-7)14-4-3-10(13)15/h5-6,14H,3-4H2,1-2H3,(H2,13,15). The van der Waals surface area contributed by atoms with E-state index < -0.39 is 0 Å². The van der Waals surface area contributed by atoms with E-state index >= 15 is 0 Å². The van der Waals surface area contributed by atoms with Crippen molar-refractivity contribution in [3.05, 3.63) is 27.7 Å². The molecule has 1 aromatic rings. The Morgan fingerprint density at radius 2 is 2.13 bits per heavy atom. The largest absolute Gasteiger partial charge is 0.383 e. The van der Waals surface area contributed by atoms with E-state index in [4.69, 9.17) is 5.73 Å². The summed E-state index contributed by atoms with van der Waals surface area (Å²) in [5.41, 5.74) is 8.46. The van der Waals surface area contributed by atoms with E-state index in [1.54, 1.807) is 0 Å².